The van der Waals surface area contributed by atoms with Gasteiger partial charge in [-0.05, 0) is 46.6 Å². The minimum Gasteiger partial charge on any atom is -0.248 e. The molecule has 0 aliphatic rings. The van der Waals surface area contributed by atoms with Gasteiger partial charge in [0.15, 0.2) is 0 Å². The van der Waals surface area contributed by atoms with E-state index in [0.717, 1.165) is 11.5 Å². The van der Waals surface area contributed by atoms with Crippen LogP contribution in [0.5, 0.6) is 0 Å². The number of nitrogens with zero attached hydrogens (tertiary/aromatic N) is 3. The van der Waals surface area contributed by atoms with Gasteiger partial charge in [0.25, 0.3) is 0 Å². The average Bonchev–Trinajstić information content (AvgIpc) is 3.40. The molecule has 0 radical (unpaired) electrons. The number of benzene rings is 3. The van der Waals surface area contributed by atoms with Crippen LogP contribution in [0.3, 0.4) is 0 Å². The van der Waals surface area contributed by atoms with Crippen LogP contribution in [-0.2, 0) is 0 Å². The number of para-hydroxylation sites is 3. The van der Waals surface area contributed by atoms with E-state index in [1.54, 1.807) is 0 Å². The summed E-state index contributed by atoms with van der Waals surface area (Å²) in [6, 6.07) is 20.3. The molecular weight excluding hydrogens is 622 g/mol. The van der Waals surface area contributed by atoms with Crippen molar-refractivity contribution < 1.29 is 33.4 Å². The molecule has 0 bridgehead atoms. The highest BCUT2D eigenvalue weighted by Crippen LogP contribution is 2.36. The molecule has 0 N–H and O–H groups in total. The van der Waals surface area contributed by atoms with E-state index in [1.165, 1.54) is 44.8 Å². The Labute approximate surface area is 290 Å². The van der Waals surface area contributed by atoms with Crippen LogP contribution in [0, 0.1) is 10.2 Å². The van der Waals surface area contributed by atoms with Crippen molar-refractivity contribution in [2.24, 2.45) is 4.99 Å². The highest BCUT2D eigenvalue weighted by atomic mass is 35.7. The Morgan fingerprint density at radius 3 is 1.25 bits per heavy atom. The van der Waals surface area contributed by atoms with Gasteiger partial charge in [0.1, 0.15) is 30.0 Å². The van der Waals surface area contributed by atoms with Gasteiger partial charge in [0.05, 0.1) is 5.69 Å². The second-order valence-electron chi connectivity index (χ2n) is 14.3. The maximum absolute atomic E-state index is 8.49. The molecule has 0 aliphatic carbocycles. The van der Waals surface area contributed by atoms with Crippen LogP contribution in [0.25, 0.3) is 11.4 Å². The molecule has 0 saturated carbocycles. The van der Waals surface area contributed by atoms with Crippen molar-refractivity contribution >= 4 is 11.9 Å². The van der Waals surface area contributed by atoms with E-state index in [-0.39, 0.29) is 0 Å². The minimum atomic E-state index is -4.94. The van der Waals surface area contributed by atoms with Gasteiger partial charge in [-0.2, -0.15) is 9.13 Å². The number of imidazole rings is 1. The number of halogens is 1. The number of hydrogen-bond acceptors (Lipinski definition) is 5. The van der Waals surface area contributed by atoms with E-state index in [0.29, 0.717) is 35.5 Å². The molecular formula is C40H54ClN3O4. The van der Waals surface area contributed by atoms with Gasteiger partial charge in [0.2, 0.25) is 0 Å². The van der Waals surface area contributed by atoms with E-state index in [9.17, 15) is 0 Å². The Balaban J connectivity index is 0.00000116. The van der Waals surface area contributed by atoms with Crippen molar-refractivity contribution in [3.8, 4) is 11.4 Å². The molecule has 8 heteroatoms. The van der Waals surface area contributed by atoms with Crippen LogP contribution in [0.15, 0.2) is 72.0 Å². The normalized spacial score (nSPS) is 12.4. The molecule has 1 heterocycles. The molecule has 7 nitrogen and oxygen atoms in total. The lowest BCUT2D eigenvalue weighted by Crippen LogP contribution is -2.68. The fourth-order valence-electron chi connectivity index (χ4n) is 6.27. The lowest BCUT2D eigenvalue weighted by Gasteiger charge is -2.19. The van der Waals surface area contributed by atoms with Gasteiger partial charge in [-0.25, -0.2) is 23.6 Å². The number of aliphatic imine (C=N–C) groups is 1. The van der Waals surface area contributed by atoms with Crippen LogP contribution < -0.4 is 23.2 Å². The zero-order valence-corrected chi connectivity index (χ0v) is 31.5. The van der Waals surface area contributed by atoms with Gasteiger partial charge in [-0.3, -0.25) is 0 Å². The number of hydrogen-bond donors (Lipinski definition) is 0. The third-order valence-electron chi connectivity index (χ3n) is 8.68. The molecule has 4 rings (SSSR count). The van der Waals surface area contributed by atoms with Crippen molar-refractivity contribution in [2.45, 2.75) is 119 Å². The van der Waals surface area contributed by atoms with E-state index >= 15 is 0 Å². The summed E-state index contributed by atoms with van der Waals surface area (Å²) in [5.41, 5.74) is 11.7. The SMILES string of the molecule is CC(C)c1cccc(C(C)C)c1N=Cc1n(-c2c(C(C)C)cccc2C(C)C)cc[n+]1-c1c(C(C)C)cccc1C(C)C.[O-][Cl+3]([O-])([O-])[O-]. The van der Waals surface area contributed by atoms with Crippen LogP contribution in [-0.4, -0.2) is 10.8 Å². The lowest BCUT2D eigenvalue weighted by molar-refractivity contribution is -2.00. The van der Waals surface area contributed by atoms with E-state index in [4.69, 9.17) is 23.6 Å². The first kappa shape index (κ1) is 39.1. The first-order valence-electron chi connectivity index (χ1n) is 17.0. The van der Waals surface area contributed by atoms with E-state index < -0.39 is 10.2 Å². The van der Waals surface area contributed by atoms with E-state index in [2.05, 4.69) is 165 Å². The summed E-state index contributed by atoms with van der Waals surface area (Å²) in [5, 5.41) is 0. The van der Waals surface area contributed by atoms with Gasteiger partial charge in [-0.15, -0.1) is 10.2 Å². The topological polar surface area (TPSA) is 113 Å². The molecule has 0 unspecified atom stereocenters. The third-order valence-corrected chi connectivity index (χ3v) is 8.68. The zero-order valence-electron chi connectivity index (χ0n) is 30.7. The molecule has 48 heavy (non-hydrogen) atoms. The van der Waals surface area contributed by atoms with Crippen molar-refractivity contribution in [3.63, 3.8) is 0 Å². The third kappa shape index (κ3) is 9.42. The summed E-state index contributed by atoms with van der Waals surface area (Å²) in [4.78, 5) is 5.39. The van der Waals surface area contributed by atoms with E-state index in [1.807, 2.05) is 0 Å². The summed E-state index contributed by atoms with van der Waals surface area (Å²) < 4.78 is 38.8. The van der Waals surface area contributed by atoms with Crippen LogP contribution in [0.1, 0.15) is 158 Å². The predicted molar refractivity (Wildman–Crippen MR) is 186 cm³/mol. The second kappa shape index (κ2) is 16.4. The molecule has 0 amide bonds. The fraction of sp³-hybridized carbons (Fsp3) is 0.450. The minimum absolute atomic E-state index is 0.383. The highest BCUT2D eigenvalue weighted by molar-refractivity contribution is 5.79. The van der Waals surface area contributed by atoms with Gasteiger partial charge in [0, 0.05) is 22.3 Å². The Kier molecular flexibility index (Phi) is 13.3. The van der Waals surface area contributed by atoms with Crippen molar-refractivity contribution in [1.82, 2.24) is 4.57 Å². The maximum Gasteiger partial charge on any atom is 0.310 e. The van der Waals surface area contributed by atoms with Crippen molar-refractivity contribution in [2.75, 3.05) is 0 Å². The standard InChI is InChI=1S/C40H54N3.ClHO4/c1-25(2)31-16-13-17-32(26(3)4)38(31)41-24-37-42(39-33(27(5)6)18-14-19-34(39)28(7)8)22-23-43(37)40-35(29(9)10)20-15-21-36(40)30(11)12;2-1(3,4)5/h13-30H,1-12H3;(H,2,3,4,5)/q+1;/p-1. The molecule has 0 atom stereocenters. The van der Waals surface area contributed by atoms with Gasteiger partial charge >= 0.3 is 5.82 Å². The van der Waals surface area contributed by atoms with Crippen LogP contribution in [0.4, 0.5) is 5.69 Å². The molecule has 0 aliphatic heterocycles. The van der Waals surface area contributed by atoms with Crippen molar-refractivity contribution in [1.29, 1.82) is 0 Å². The molecule has 260 valence electrons. The molecule has 0 saturated heterocycles. The van der Waals surface area contributed by atoms with Crippen LogP contribution in [0.2, 0.25) is 0 Å². The largest absolute Gasteiger partial charge is 0.310 e. The average molecular weight is 676 g/mol. The van der Waals surface area contributed by atoms with Gasteiger partial charge < -0.3 is 0 Å². The molecule has 1 aromatic heterocycles. The quantitative estimate of drug-likeness (QED) is 0.141. The summed E-state index contributed by atoms with van der Waals surface area (Å²) in [6.45, 7) is 27.5. The zero-order chi connectivity index (χ0) is 36.1. The fourth-order valence-corrected chi connectivity index (χ4v) is 6.27. The molecule has 3 aromatic carbocycles. The van der Waals surface area contributed by atoms with Gasteiger partial charge in [-0.1, -0.05) is 138 Å². The van der Waals surface area contributed by atoms with Crippen molar-refractivity contribution in [3.05, 3.63) is 106 Å². The van der Waals surface area contributed by atoms with Crippen LogP contribution >= 0.6 is 0 Å². The molecule has 4 aromatic rings. The predicted octanol–water partition coefficient (Wildman–Crippen LogP) is 6.49. The summed E-state index contributed by atoms with van der Waals surface area (Å²) in [6.07, 6.45) is 6.65. The monoisotopic (exact) mass is 675 g/mol. The lowest BCUT2D eigenvalue weighted by atomic mass is 9.92. The smallest absolute Gasteiger partial charge is 0.248 e. The Morgan fingerprint density at radius 2 is 0.896 bits per heavy atom. The Morgan fingerprint density at radius 1 is 0.562 bits per heavy atom. The Hall–Kier alpha value is -3.33. The summed E-state index contributed by atoms with van der Waals surface area (Å²) >= 11 is 0. The Bertz CT molecular complexity index is 1530. The summed E-state index contributed by atoms with van der Waals surface area (Å²) in [7, 11) is -4.94. The first-order valence-corrected chi connectivity index (χ1v) is 18.3. The second-order valence-corrected chi connectivity index (χ2v) is 15.1. The highest BCUT2D eigenvalue weighted by Gasteiger charge is 2.29. The number of rotatable bonds is 10. The summed E-state index contributed by atoms with van der Waals surface area (Å²) in [5.74, 6) is 3.38. The molecule has 0 fully saturated rings. The molecule has 0 spiro atoms. The first-order chi connectivity index (χ1) is 22.3. The maximum atomic E-state index is 8.49. The number of aromatic nitrogens is 2.